The zero-order valence-electron chi connectivity index (χ0n) is 17.6. The molecular formula is C21H12Br9N3O3. The third-order valence-electron chi connectivity index (χ3n) is 4.50. The first-order valence-corrected chi connectivity index (χ1v) is 16.9. The smallest absolute Gasteiger partial charge is 0.176 e. The Kier molecular flexibility index (Phi) is 11.2. The number of rotatable bonds is 6. The van der Waals surface area contributed by atoms with E-state index in [2.05, 4.69) is 143 Å². The number of hydrogen-bond acceptors (Lipinski definition) is 6. The van der Waals surface area contributed by atoms with Crippen LogP contribution in [0.25, 0.3) is 0 Å². The van der Waals surface area contributed by atoms with Crippen molar-refractivity contribution < 1.29 is 14.5 Å². The van der Waals surface area contributed by atoms with Gasteiger partial charge in [-0.1, -0.05) is 47.8 Å². The van der Waals surface area contributed by atoms with Crippen molar-refractivity contribution in [1.82, 2.24) is 15.2 Å². The molecule has 0 radical (unpaired) electrons. The van der Waals surface area contributed by atoms with Crippen LogP contribution in [-0.4, -0.2) is 35.2 Å². The largest absolute Gasteiger partial charge is 0.401 e. The molecule has 0 bridgehead atoms. The van der Waals surface area contributed by atoms with Gasteiger partial charge in [0, 0.05) is 13.4 Å². The quantitative estimate of drug-likeness (QED) is 0.245. The third kappa shape index (κ3) is 7.71. The molecular weight excluding hydrogens is 1060 g/mol. The molecule has 0 aliphatic carbocycles. The average Bonchev–Trinajstić information content (AvgIpc) is 2.76. The molecule has 6 nitrogen and oxygen atoms in total. The van der Waals surface area contributed by atoms with Crippen molar-refractivity contribution in [1.29, 1.82) is 0 Å². The Morgan fingerprint density at radius 3 is 0.778 bits per heavy atom. The van der Waals surface area contributed by atoms with Gasteiger partial charge in [-0.3, -0.25) is 0 Å². The van der Waals surface area contributed by atoms with Crippen LogP contribution < -0.4 is 14.5 Å². The van der Waals surface area contributed by atoms with Gasteiger partial charge in [0.25, 0.3) is 0 Å². The van der Waals surface area contributed by atoms with E-state index in [-0.39, 0.29) is 0 Å². The van der Waals surface area contributed by atoms with E-state index in [4.69, 9.17) is 14.5 Å². The number of benzene rings is 3. The molecule has 3 aromatic carbocycles. The van der Waals surface area contributed by atoms with Crippen LogP contribution in [0.15, 0.2) is 76.7 Å². The first-order chi connectivity index (χ1) is 17.0. The number of hydroxylamine groups is 6. The normalized spacial score (nSPS) is 15.2. The predicted octanol–water partition coefficient (Wildman–Crippen LogP) is 10.6. The molecule has 15 heteroatoms. The highest BCUT2D eigenvalue weighted by Crippen LogP contribution is 2.40. The van der Waals surface area contributed by atoms with Crippen molar-refractivity contribution in [2.45, 2.75) is 0 Å². The Labute approximate surface area is 283 Å². The molecule has 0 amide bonds. The molecule has 0 unspecified atom stereocenters. The van der Waals surface area contributed by atoms with Crippen LogP contribution in [0.1, 0.15) is 0 Å². The standard InChI is InChI=1S/C21H12Br9N3O3/c22-10-1-13(25)19(14(26)2-10)34-31-7-32(35-20-15(27)3-11(23)4-16(20)28)9-33(8-31)36-21-17(29)5-12(24)6-18(21)30/h1-6H,7-9H2. The number of hydrogen-bond donors (Lipinski definition) is 0. The fourth-order valence-electron chi connectivity index (χ4n) is 3.07. The first-order valence-electron chi connectivity index (χ1n) is 9.72. The van der Waals surface area contributed by atoms with E-state index in [0.29, 0.717) is 37.3 Å². The van der Waals surface area contributed by atoms with Crippen LogP contribution in [0.4, 0.5) is 0 Å². The van der Waals surface area contributed by atoms with Gasteiger partial charge in [-0.2, -0.15) is 0 Å². The second kappa shape index (κ2) is 13.3. The maximum absolute atomic E-state index is 6.28. The summed E-state index contributed by atoms with van der Waals surface area (Å²) < 4.78 is 7.44. The Morgan fingerprint density at radius 2 is 0.583 bits per heavy atom. The monoisotopic (exact) mass is 1060 g/mol. The highest BCUT2D eigenvalue weighted by molar-refractivity contribution is 9.12. The average molecular weight is 1070 g/mol. The summed E-state index contributed by atoms with van der Waals surface area (Å²) in [6.45, 7) is 0.977. The van der Waals surface area contributed by atoms with Crippen molar-refractivity contribution in [3.8, 4) is 17.2 Å². The second-order valence-corrected chi connectivity index (χ2v) is 15.1. The number of nitrogens with zero attached hydrogens (tertiary/aromatic N) is 3. The topological polar surface area (TPSA) is 37.4 Å². The Hall–Kier alpha value is 1.26. The number of halogens is 9. The van der Waals surface area contributed by atoms with E-state index in [0.717, 1.165) is 40.3 Å². The summed E-state index contributed by atoms with van der Waals surface area (Å²) in [5.74, 6) is 1.87. The van der Waals surface area contributed by atoms with Crippen molar-refractivity contribution in [2.75, 3.05) is 20.0 Å². The van der Waals surface area contributed by atoms with Gasteiger partial charge in [0.05, 0.1) is 26.8 Å². The lowest BCUT2D eigenvalue weighted by molar-refractivity contribution is -0.296. The fraction of sp³-hybridized carbons (Fsp3) is 0.143. The van der Waals surface area contributed by atoms with Crippen molar-refractivity contribution in [2.24, 2.45) is 0 Å². The third-order valence-corrected chi connectivity index (χ3v) is 9.40. The molecule has 0 atom stereocenters. The lowest BCUT2D eigenvalue weighted by Crippen LogP contribution is -2.57. The molecule has 0 saturated carbocycles. The molecule has 1 saturated heterocycles. The van der Waals surface area contributed by atoms with Gasteiger partial charge in [0.15, 0.2) is 17.2 Å². The maximum Gasteiger partial charge on any atom is 0.176 e. The molecule has 3 aromatic rings. The van der Waals surface area contributed by atoms with Crippen molar-refractivity contribution in [3.05, 3.63) is 76.7 Å². The van der Waals surface area contributed by atoms with E-state index in [9.17, 15) is 0 Å². The van der Waals surface area contributed by atoms with E-state index in [1.165, 1.54) is 0 Å². The fourth-order valence-corrected chi connectivity index (χ4v) is 10.3. The SMILES string of the molecule is Brc1cc(Br)c(ON2CN(Oc3c(Br)cc(Br)cc3Br)CN(Oc3c(Br)cc(Br)cc3Br)C2)c(Br)c1. The highest BCUT2D eigenvalue weighted by Gasteiger charge is 2.31. The molecule has 1 aliphatic rings. The molecule has 1 heterocycles. The van der Waals surface area contributed by atoms with Crippen molar-refractivity contribution >= 4 is 143 Å². The van der Waals surface area contributed by atoms with E-state index < -0.39 is 0 Å². The van der Waals surface area contributed by atoms with Crippen LogP contribution in [-0.2, 0) is 0 Å². The van der Waals surface area contributed by atoms with Crippen LogP contribution in [0.5, 0.6) is 17.2 Å². The summed E-state index contributed by atoms with van der Waals surface area (Å²) in [7, 11) is 0. The molecule has 0 aromatic heterocycles. The molecule has 0 N–H and O–H groups in total. The summed E-state index contributed by atoms with van der Waals surface area (Å²) in [5, 5.41) is 5.18. The summed E-state index contributed by atoms with van der Waals surface area (Å²) in [6.07, 6.45) is 0. The van der Waals surface area contributed by atoms with Gasteiger partial charge in [-0.15, -0.1) is 15.2 Å². The first kappa shape index (κ1) is 30.2. The summed E-state index contributed by atoms with van der Waals surface area (Å²) in [4.78, 5) is 18.8. The predicted molar refractivity (Wildman–Crippen MR) is 171 cm³/mol. The van der Waals surface area contributed by atoms with Crippen molar-refractivity contribution in [3.63, 3.8) is 0 Å². The van der Waals surface area contributed by atoms with Crippen LogP contribution >= 0.6 is 143 Å². The zero-order chi connectivity index (χ0) is 26.1. The lowest BCUT2D eigenvalue weighted by atomic mass is 10.3. The molecule has 192 valence electrons. The van der Waals surface area contributed by atoms with E-state index in [1.54, 1.807) is 15.2 Å². The zero-order valence-corrected chi connectivity index (χ0v) is 31.8. The molecule has 0 spiro atoms. The molecule has 36 heavy (non-hydrogen) atoms. The minimum atomic E-state index is 0.326. The van der Waals surface area contributed by atoms with Gasteiger partial charge in [-0.05, 0) is 132 Å². The Bertz CT molecular complexity index is 1070. The van der Waals surface area contributed by atoms with E-state index >= 15 is 0 Å². The van der Waals surface area contributed by atoms with Gasteiger partial charge < -0.3 is 14.5 Å². The summed E-state index contributed by atoms with van der Waals surface area (Å²) in [5.41, 5.74) is 0. The molecule has 1 aliphatic heterocycles. The molecule has 4 rings (SSSR count). The van der Waals surface area contributed by atoms with Crippen LogP contribution in [0, 0.1) is 0 Å². The lowest BCUT2D eigenvalue weighted by Gasteiger charge is -2.39. The second-order valence-electron chi connectivity index (χ2n) is 7.24. The van der Waals surface area contributed by atoms with Crippen LogP contribution in [0.2, 0.25) is 0 Å². The van der Waals surface area contributed by atoms with Gasteiger partial charge in [-0.25, -0.2) is 0 Å². The Balaban J connectivity index is 1.62. The van der Waals surface area contributed by atoms with Gasteiger partial charge >= 0.3 is 0 Å². The highest BCUT2D eigenvalue weighted by atomic mass is 79.9. The minimum Gasteiger partial charge on any atom is -0.401 e. The maximum atomic E-state index is 6.28. The minimum absolute atomic E-state index is 0.326. The summed E-state index contributed by atoms with van der Waals surface area (Å²) in [6, 6.07) is 11.5. The van der Waals surface area contributed by atoms with Crippen LogP contribution in [0.3, 0.4) is 0 Å². The van der Waals surface area contributed by atoms with Gasteiger partial charge in [0.1, 0.15) is 20.0 Å². The summed E-state index contributed by atoms with van der Waals surface area (Å²) >= 11 is 32.0. The van der Waals surface area contributed by atoms with E-state index in [1.807, 2.05) is 36.4 Å². The molecule has 1 fully saturated rings. The van der Waals surface area contributed by atoms with Gasteiger partial charge in [0.2, 0.25) is 0 Å². The Morgan fingerprint density at radius 1 is 0.389 bits per heavy atom.